The van der Waals surface area contributed by atoms with E-state index >= 15 is 0 Å². The average molecular weight is 388 g/mol. The van der Waals surface area contributed by atoms with E-state index in [0.717, 1.165) is 11.4 Å². The maximum atomic E-state index is 3.53. The third-order valence-electron chi connectivity index (χ3n) is 5.81. The predicted octanol–water partition coefficient (Wildman–Crippen LogP) is 9.05. The fraction of sp³-hybridized carbons (Fsp3) is 0.429. The van der Waals surface area contributed by atoms with E-state index in [1.165, 1.54) is 87.0 Å². The SMILES string of the molecule is CCCCCCCCCCCCc1ccc(Nc2ccc3ccccc3c2)cc1. The lowest BCUT2D eigenvalue weighted by molar-refractivity contribution is 0.556. The summed E-state index contributed by atoms with van der Waals surface area (Å²) in [5.74, 6) is 0. The Labute approximate surface area is 177 Å². The monoisotopic (exact) mass is 387 g/mol. The molecule has 0 fully saturated rings. The Bertz CT molecular complexity index is 834. The number of unbranched alkanes of at least 4 members (excludes halogenated alkanes) is 9. The van der Waals surface area contributed by atoms with Crippen molar-refractivity contribution in [1.29, 1.82) is 0 Å². The molecule has 0 aromatic heterocycles. The smallest absolute Gasteiger partial charge is 0.0390 e. The van der Waals surface area contributed by atoms with Gasteiger partial charge in [0.05, 0.1) is 0 Å². The number of anilines is 2. The van der Waals surface area contributed by atoms with Gasteiger partial charge in [-0.25, -0.2) is 0 Å². The molecule has 0 radical (unpaired) electrons. The van der Waals surface area contributed by atoms with Crippen LogP contribution in [0.3, 0.4) is 0 Å². The van der Waals surface area contributed by atoms with Gasteiger partial charge >= 0.3 is 0 Å². The number of benzene rings is 3. The van der Waals surface area contributed by atoms with Crippen molar-refractivity contribution in [3.05, 3.63) is 72.3 Å². The van der Waals surface area contributed by atoms with Gasteiger partial charge < -0.3 is 5.32 Å². The fourth-order valence-electron chi connectivity index (χ4n) is 4.01. The maximum absolute atomic E-state index is 3.53. The van der Waals surface area contributed by atoms with E-state index in [4.69, 9.17) is 0 Å². The highest BCUT2D eigenvalue weighted by molar-refractivity contribution is 5.86. The summed E-state index contributed by atoms with van der Waals surface area (Å²) in [6.45, 7) is 2.29. The summed E-state index contributed by atoms with van der Waals surface area (Å²) >= 11 is 0. The van der Waals surface area contributed by atoms with Gasteiger partial charge in [-0.2, -0.15) is 0 Å². The molecule has 1 nitrogen and oxygen atoms in total. The third kappa shape index (κ3) is 7.57. The van der Waals surface area contributed by atoms with Crippen molar-refractivity contribution in [2.45, 2.75) is 77.6 Å². The number of nitrogens with one attached hydrogen (secondary N) is 1. The molecule has 0 bridgehead atoms. The molecule has 0 aliphatic heterocycles. The van der Waals surface area contributed by atoms with Crippen LogP contribution in [0.15, 0.2) is 66.7 Å². The van der Waals surface area contributed by atoms with Crippen LogP contribution < -0.4 is 5.32 Å². The lowest BCUT2D eigenvalue weighted by Crippen LogP contribution is -1.92. The average Bonchev–Trinajstić information content (AvgIpc) is 2.76. The minimum Gasteiger partial charge on any atom is -0.356 e. The van der Waals surface area contributed by atoms with Crippen LogP contribution in [0, 0.1) is 0 Å². The van der Waals surface area contributed by atoms with Crippen molar-refractivity contribution in [3.8, 4) is 0 Å². The minimum atomic E-state index is 1.14. The molecule has 3 aromatic rings. The number of hydrogen-bond donors (Lipinski definition) is 1. The van der Waals surface area contributed by atoms with Crippen LogP contribution in [0.1, 0.15) is 76.7 Å². The second-order valence-electron chi connectivity index (χ2n) is 8.32. The fourth-order valence-corrected chi connectivity index (χ4v) is 4.01. The standard InChI is InChI=1S/C28H37N/c1-2-3-4-5-6-7-8-9-10-11-14-24-17-20-27(21-18-24)29-28-22-19-25-15-12-13-16-26(25)23-28/h12-13,15-23,29H,2-11,14H2,1H3. The molecule has 3 aromatic carbocycles. The molecule has 0 spiro atoms. The van der Waals surface area contributed by atoms with Crippen molar-refractivity contribution in [3.63, 3.8) is 0 Å². The van der Waals surface area contributed by atoms with Gasteiger partial charge in [-0.1, -0.05) is 107 Å². The second-order valence-corrected chi connectivity index (χ2v) is 8.32. The normalized spacial score (nSPS) is 11.1. The van der Waals surface area contributed by atoms with E-state index in [-0.39, 0.29) is 0 Å². The largest absolute Gasteiger partial charge is 0.356 e. The zero-order valence-corrected chi connectivity index (χ0v) is 18.1. The summed E-state index contributed by atoms with van der Waals surface area (Å²) < 4.78 is 0. The van der Waals surface area contributed by atoms with Crippen molar-refractivity contribution in [1.82, 2.24) is 0 Å². The van der Waals surface area contributed by atoms with Crippen molar-refractivity contribution in [2.75, 3.05) is 5.32 Å². The van der Waals surface area contributed by atoms with Crippen LogP contribution in [0.4, 0.5) is 11.4 Å². The summed E-state index contributed by atoms with van der Waals surface area (Å²) in [5.41, 5.74) is 3.76. The summed E-state index contributed by atoms with van der Waals surface area (Å²) in [5, 5.41) is 6.09. The molecule has 154 valence electrons. The Morgan fingerprint density at radius 3 is 1.83 bits per heavy atom. The van der Waals surface area contributed by atoms with Crippen molar-refractivity contribution in [2.24, 2.45) is 0 Å². The highest BCUT2D eigenvalue weighted by Crippen LogP contribution is 2.23. The predicted molar refractivity (Wildman–Crippen MR) is 129 cm³/mol. The van der Waals surface area contributed by atoms with Gasteiger partial charge in [-0.3, -0.25) is 0 Å². The second kappa shape index (κ2) is 12.3. The van der Waals surface area contributed by atoms with E-state index in [1.54, 1.807) is 0 Å². The molecule has 0 aliphatic carbocycles. The van der Waals surface area contributed by atoms with Crippen molar-refractivity contribution >= 4 is 22.1 Å². The van der Waals surface area contributed by atoms with Crippen LogP contribution in [0.5, 0.6) is 0 Å². The molecule has 0 saturated heterocycles. The number of hydrogen-bond acceptors (Lipinski definition) is 1. The Morgan fingerprint density at radius 2 is 1.14 bits per heavy atom. The highest BCUT2D eigenvalue weighted by atomic mass is 14.9. The van der Waals surface area contributed by atoms with Gasteiger partial charge in [0.15, 0.2) is 0 Å². The summed E-state index contributed by atoms with van der Waals surface area (Å²) in [6.07, 6.45) is 15.2. The Morgan fingerprint density at radius 1 is 0.552 bits per heavy atom. The zero-order chi connectivity index (χ0) is 20.2. The molecular weight excluding hydrogens is 350 g/mol. The summed E-state index contributed by atoms with van der Waals surface area (Å²) in [4.78, 5) is 0. The molecule has 0 heterocycles. The summed E-state index contributed by atoms with van der Waals surface area (Å²) in [6, 6.07) is 24.0. The number of fused-ring (bicyclic) bond motifs is 1. The molecule has 3 rings (SSSR count). The highest BCUT2D eigenvalue weighted by Gasteiger charge is 1.99. The molecule has 0 saturated carbocycles. The van der Waals surface area contributed by atoms with Crippen LogP contribution in [0.25, 0.3) is 10.8 Å². The van der Waals surface area contributed by atoms with E-state index in [0.29, 0.717) is 0 Å². The maximum Gasteiger partial charge on any atom is 0.0390 e. The first-order valence-corrected chi connectivity index (χ1v) is 11.7. The molecule has 1 heteroatoms. The Balaban J connectivity index is 1.33. The van der Waals surface area contributed by atoms with Gasteiger partial charge in [0, 0.05) is 11.4 Å². The van der Waals surface area contributed by atoms with E-state index in [1.807, 2.05) is 0 Å². The summed E-state index contributed by atoms with van der Waals surface area (Å²) in [7, 11) is 0. The molecule has 0 unspecified atom stereocenters. The third-order valence-corrected chi connectivity index (χ3v) is 5.81. The van der Waals surface area contributed by atoms with Crippen molar-refractivity contribution < 1.29 is 0 Å². The lowest BCUT2D eigenvalue weighted by Gasteiger charge is -2.09. The van der Waals surface area contributed by atoms with Gasteiger partial charge in [0.2, 0.25) is 0 Å². The van der Waals surface area contributed by atoms with Gasteiger partial charge in [0.25, 0.3) is 0 Å². The number of aryl methyl sites for hydroxylation is 1. The van der Waals surface area contributed by atoms with Crippen LogP contribution >= 0.6 is 0 Å². The zero-order valence-electron chi connectivity index (χ0n) is 18.1. The molecule has 0 amide bonds. The van der Waals surface area contributed by atoms with Crippen LogP contribution in [-0.2, 0) is 6.42 Å². The molecule has 0 atom stereocenters. The Hall–Kier alpha value is -2.28. The van der Waals surface area contributed by atoms with Crippen LogP contribution in [0.2, 0.25) is 0 Å². The minimum absolute atomic E-state index is 1.14. The molecule has 0 aliphatic rings. The van der Waals surface area contributed by atoms with E-state index in [9.17, 15) is 0 Å². The first-order chi connectivity index (χ1) is 14.3. The number of rotatable bonds is 13. The topological polar surface area (TPSA) is 12.0 Å². The van der Waals surface area contributed by atoms with Gasteiger partial charge in [0.1, 0.15) is 0 Å². The first kappa shape index (κ1) is 21.4. The van der Waals surface area contributed by atoms with E-state index in [2.05, 4.69) is 79.0 Å². The Kier molecular flexibility index (Phi) is 9.10. The van der Waals surface area contributed by atoms with E-state index < -0.39 is 0 Å². The first-order valence-electron chi connectivity index (χ1n) is 11.7. The van der Waals surface area contributed by atoms with Crippen LogP contribution in [-0.4, -0.2) is 0 Å². The van der Waals surface area contributed by atoms with Gasteiger partial charge in [-0.05, 0) is 53.4 Å². The molecule has 29 heavy (non-hydrogen) atoms. The lowest BCUT2D eigenvalue weighted by atomic mass is 10.0. The molecule has 1 N–H and O–H groups in total. The quantitative estimate of drug-likeness (QED) is 0.288. The van der Waals surface area contributed by atoms with Gasteiger partial charge in [-0.15, -0.1) is 0 Å². The molecular formula is C28H37N.